The Bertz CT molecular complexity index is 866. The van der Waals surface area contributed by atoms with Gasteiger partial charge >= 0.3 is 11.7 Å². The molecule has 0 atom stereocenters. The van der Waals surface area contributed by atoms with E-state index >= 15 is 0 Å². The van der Waals surface area contributed by atoms with E-state index in [1.54, 1.807) is 20.9 Å². The second-order valence-corrected chi connectivity index (χ2v) is 5.20. The number of rotatable bonds is 6. The minimum atomic E-state index is -0.593. The maximum Gasteiger partial charge on any atom is 0.343 e. The number of ether oxygens (including phenoxy) is 2. The minimum absolute atomic E-state index is 0.0479. The first kappa shape index (κ1) is 19.1. The van der Waals surface area contributed by atoms with Crippen molar-refractivity contribution in [2.24, 2.45) is 12.0 Å². The number of hydrogen-bond acceptors (Lipinski definition) is 8. The molecule has 0 saturated heterocycles. The molecule has 0 bridgehead atoms. The van der Waals surface area contributed by atoms with Gasteiger partial charge in [0.25, 0.3) is 0 Å². The van der Waals surface area contributed by atoms with Gasteiger partial charge in [0, 0.05) is 13.6 Å². The second kappa shape index (κ2) is 7.76. The minimum Gasteiger partial charge on any atom is -0.479 e. The van der Waals surface area contributed by atoms with E-state index in [4.69, 9.17) is 9.47 Å². The Morgan fingerprint density at radius 3 is 2.65 bits per heavy atom. The Balaban J connectivity index is 2.66. The Morgan fingerprint density at radius 2 is 2.12 bits per heavy atom. The van der Waals surface area contributed by atoms with E-state index in [2.05, 4.69) is 15.2 Å². The van der Waals surface area contributed by atoms with Crippen LogP contribution >= 0.6 is 0 Å². The zero-order chi connectivity index (χ0) is 19.4. The van der Waals surface area contributed by atoms with Gasteiger partial charge in [-0.25, -0.2) is 4.79 Å². The van der Waals surface area contributed by atoms with Gasteiger partial charge in [0.15, 0.2) is 5.82 Å². The maximum absolute atomic E-state index is 12.1. The highest BCUT2D eigenvalue weighted by Gasteiger charge is 2.30. The van der Waals surface area contributed by atoms with E-state index in [0.717, 1.165) is 0 Å². The van der Waals surface area contributed by atoms with Crippen molar-refractivity contribution in [3.63, 3.8) is 0 Å². The van der Waals surface area contributed by atoms with Crippen molar-refractivity contribution < 1.29 is 19.2 Å². The first-order valence-corrected chi connectivity index (χ1v) is 7.89. The van der Waals surface area contributed by atoms with E-state index in [0.29, 0.717) is 6.54 Å². The molecular weight excluding hydrogens is 344 g/mol. The third kappa shape index (κ3) is 3.41. The lowest BCUT2D eigenvalue weighted by molar-refractivity contribution is -0.385. The van der Waals surface area contributed by atoms with Crippen molar-refractivity contribution in [3.8, 4) is 0 Å². The Kier molecular flexibility index (Phi) is 5.70. The molecule has 0 N–H and O–H groups in total. The summed E-state index contributed by atoms with van der Waals surface area (Å²) in [6.07, 6.45) is 1.32. The molecule has 2 aromatic rings. The van der Waals surface area contributed by atoms with Crippen LogP contribution in [0.3, 0.4) is 0 Å². The van der Waals surface area contributed by atoms with Gasteiger partial charge in [-0.15, -0.1) is 0 Å². The number of aromatic nitrogens is 4. The fourth-order valence-electron chi connectivity index (χ4n) is 2.44. The van der Waals surface area contributed by atoms with Crippen molar-refractivity contribution in [1.29, 1.82) is 0 Å². The third-order valence-corrected chi connectivity index (χ3v) is 3.58. The van der Waals surface area contributed by atoms with Gasteiger partial charge in [-0.05, 0) is 20.8 Å². The molecule has 0 saturated carbocycles. The summed E-state index contributed by atoms with van der Waals surface area (Å²) in [5, 5.41) is 19.6. The molecule has 0 aliphatic heterocycles. The number of nitrogens with zero attached hydrogens (tertiary/aromatic N) is 6. The zero-order valence-electron chi connectivity index (χ0n) is 15.2. The number of hydrogen-bond donors (Lipinski definition) is 0. The van der Waals surface area contributed by atoms with Crippen LogP contribution in [0.1, 0.15) is 35.6 Å². The van der Waals surface area contributed by atoms with E-state index in [-0.39, 0.29) is 41.0 Å². The van der Waals surface area contributed by atoms with E-state index < -0.39 is 10.9 Å². The third-order valence-electron chi connectivity index (χ3n) is 3.58. The molecule has 11 nitrogen and oxygen atoms in total. The molecule has 2 aromatic heterocycles. The number of nitro groups is 1. The molecular formula is C15H20N6O5. The standard InChI is InChI=1S/C15H20N6O5/c1-6-20-12(11(21(23)24)9(3)18-20)14(25-5)17-13-10(8-16-19(13)4)15(22)26-7-2/h8H,6-7H2,1-5H3/b17-14+. The van der Waals surface area contributed by atoms with Crippen molar-refractivity contribution in [3.05, 3.63) is 33.3 Å². The summed E-state index contributed by atoms with van der Waals surface area (Å²) in [5.74, 6) is -0.478. The zero-order valence-corrected chi connectivity index (χ0v) is 15.2. The molecule has 11 heteroatoms. The van der Waals surface area contributed by atoms with Crippen molar-refractivity contribution >= 4 is 23.4 Å². The van der Waals surface area contributed by atoms with Crippen molar-refractivity contribution in [1.82, 2.24) is 19.6 Å². The van der Waals surface area contributed by atoms with Gasteiger partial charge in [0.1, 0.15) is 11.3 Å². The number of methoxy groups -OCH3 is 1. The Labute approximate surface area is 149 Å². The monoisotopic (exact) mass is 364 g/mol. The molecule has 0 aliphatic rings. The average molecular weight is 364 g/mol. The van der Waals surface area contributed by atoms with Crippen LogP contribution in [-0.2, 0) is 23.1 Å². The van der Waals surface area contributed by atoms with Crippen LogP contribution in [0.2, 0.25) is 0 Å². The van der Waals surface area contributed by atoms with Crippen LogP contribution in [-0.4, -0.2) is 50.1 Å². The summed E-state index contributed by atoms with van der Waals surface area (Å²) in [5.41, 5.74) is 0.291. The maximum atomic E-state index is 12.1. The van der Waals surface area contributed by atoms with Gasteiger partial charge in [-0.3, -0.25) is 19.5 Å². The van der Waals surface area contributed by atoms with Gasteiger partial charge in [0.05, 0.1) is 24.8 Å². The van der Waals surface area contributed by atoms with E-state index in [9.17, 15) is 14.9 Å². The van der Waals surface area contributed by atoms with Gasteiger partial charge in [-0.1, -0.05) is 0 Å². The number of esters is 1. The first-order valence-electron chi connectivity index (χ1n) is 7.89. The van der Waals surface area contributed by atoms with Gasteiger partial charge in [-0.2, -0.15) is 15.2 Å². The van der Waals surface area contributed by atoms with Gasteiger partial charge in [0.2, 0.25) is 11.6 Å². The van der Waals surface area contributed by atoms with Crippen LogP contribution in [0.15, 0.2) is 11.2 Å². The predicted octanol–water partition coefficient (Wildman–Crippen LogP) is 1.75. The van der Waals surface area contributed by atoms with Gasteiger partial charge < -0.3 is 9.47 Å². The molecule has 140 valence electrons. The molecule has 26 heavy (non-hydrogen) atoms. The summed E-state index contributed by atoms with van der Waals surface area (Å²) in [6, 6.07) is 0. The highest BCUT2D eigenvalue weighted by molar-refractivity contribution is 6.00. The molecule has 0 spiro atoms. The quantitative estimate of drug-likeness (QED) is 0.251. The average Bonchev–Trinajstić information content (AvgIpc) is 3.12. The van der Waals surface area contributed by atoms with Crippen LogP contribution in [0.25, 0.3) is 0 Å². The summed E-state index contributed by atoms with van der Waals surface area (Å²) >= 11 is 0. The Hall–Kier alpha value is -3.24. The van der Waals surface area contributed by atoms with Crippen LogP contribution in [0, 0.1) is 17.0 Å². The number of aliphatic imine (C=N–C) groups is 1. The van der Waals surface area contributed by atoms with Crippen LogP contribution < -0.4 is 0 Å². The van der Waals surface area contributed by atoms with Crippen molar-refractivity contribution in [2.45, 2.75) is 27.3 Å². The Morgan fingerprint density at radius 1 is 1.42 bits per heavy atom. The van der Waals surface area contributed by atoms with Crippen LogP contribution in [0.4, 0.5) is 11.5 Å². The molecule has 2 heterocycles. The fourth-order valence-corrected chi connectivity index (χ4v) is 2.44. The van der Waals surface area contributed by atoms with Crippen LogP contribution in [0.5, 0.6) is 0 Å². The number of carbonyl (C=O) groups is 1. The smallest absolute Gasteiger partial charge is 0.343 e. The second-order valence-electron chi connectivity index (χ2n) is 5.20. The largest absolute Gasteiger partial charge is 0.479 e. The molecule has 0 aromatic carbocycles. The molecule has 2 rings (SSSR count). The normalized spacial score (nSPS) is 11.5. The molecule has 0 radical (unpaired) electrons. The summed E-state index contributed by atoms with van der Waals surface area (Å²) < 4.78 is 13.1. The first-order chi connectivity index (χ1) is 12.3. The predicted molar refractivity (Wildman–Crippen MR) is 91.7 cm³/mol. The lowest BCUT2D eigenvalue weighted by Crippen LogP contribution is -2.14. The highest BCUT2D eigenvalue weighted by Crippen LogP contribution is 2.27. The summed E-state index contributed by atoms with van der Waals surface area (Å²) in [7, 11) is 2.93. The van der Waals surface area contributed by atoms with E-state index in [1.807, 2.05) is 0 Å². The molecule has 0 aliphatic carbocycles. The topological polar surface area (TPSA) is 127 Å². The lowest BCUT2D eigenvalue weighted by Gasteiger charge is -2.08. The molecule has 0 amide bonds. The van der Waals surface area contributed by atoms with Crippen molar-refractivity contribution in [2.75, 3.05) is 13.7 Å². The summed E-state index contributed by atoms with van der Waals surface area (Å²) in [6.45, 7) is 5.59. The number of carbonyl (C=O) groups excluding carboxylic acids is 1. The summed E-state index contributed by atoms with van der Waals surface area (Å²) in [4.78, 5) is 27.3. The highest BCUT2D eigenvalue weighted by atomic mass is 16.6. The van der Waals surface area contributed by atoms with E-state index in [1.165, 1.54) is 29.6 Å². The number of aryl methyl sites for hydroxylation is 3. The lowest BCUT2D eigenvalue weighted by atomic mass is 10.3. The SMILES string of the molecule is CCOC(=O)c1cnn(C)c1/N=C(/OC)c1c([N+](=O)[O-])c(C)nn1CC. The molecule has 0 unspecified atom stereocenters. The fraction of sp³-hybridized carbons (Fsp3) is 0.467. The molecule has 0 fully saturated rings.